The van der Waals surface area contributed by atoms with Crippen LogP contribution >= 0.6 is 0 Å². The molecule has 1 amide bonds. The second kappa shape index (κ2) is 7.99. The molecule has 1 N–H and O–H groups in total. The van der Waals surface area contributed by atoms with E-state index in [0.29, 0.717) is 13.0 Å². The van der Waals surface area contributed by atoms with Crippen LogP contribution in [0, 0.1) is 0 Å². The minimum Gasteiger partial charge on any atom is -0.497 e. The monoisotopic (exact) mass is 334 g/mol. The summed E-state index contributed by atoms with van der Waals surface area (Å²) in [5.41, 5.74) is 0.890. The summed E-state index contributed by atoms with van der Waals surface area (Å²) in [6.45, 7) is 11.0. The highest BCUT2D eigenvalue weighted by molar-refractivity contribution is 5.78. The van der Waals surface area contributed by atoms with Crippen LogP contribution in [0.5, 0.6) is 5.75 Å². The molecule has 0 saturated carbocycles. The van der Waals surface area contributed by atoms with Crippen LogP contribution < -0.4 is 10.1 Å². The second-order valence-corrected chi connectivity index (χ2v) is 7.28. The van der Waals surface area contributed by atoms with Crippen LogP contribution in [0.1, 0.15) is 33.3 Å². The van der Waals surface area contributed by atoms with Crippen LogP contribution in [0.2, 0.25) is 0 Å². The number of nitrogens with zero attached hydrogens (tertiary/aromatic N) is 1. The van der Waals surface area contributed by atoms with Gasteiger partial charge in [-0.2, -0.15) is 0 Å². The van der Waals surface area contributed by atoms with E-state index in [1.165, 1.54) is 0 Å². The third-order valence-corrected chi connectivity index (χ3v) is 4.52. The number of methoxy groups -OCH3 is 1. The van der Waals surface area contributed by atoms with Gasteiger partial charge in [-0.15, -0.1) is 0 Å². The molecule has 5 nitrogen and oxygen atoms in total. The van der Waals surface area contributed by atoms with Crippen molar-refractivity contribution in [1.82, 2.24) is 10.2 Å². The predicted molar refractivity (Wildman–Crippen MR) is 95.4 cm³/mol. The number of nitrogens with one attached hydrogen (secondary N) is 1. The highest BCUT2D eigenvalue weighted by atomic mass is 16.5. The molecule has 1 fully saturated rings. The number of rotatable bonds is 6. The van der Waals surface area contributed by atoms with Crippen molar-refractivity contribution < 1.29 is 14.3 Å². The molecule has 0 spiro atoms. The van der Waals surface area contributed by atoms with Gasteiger partial charge in [0.2, 0.25) is 5.91 Å². The van der Waals surface area contributed by atoms with Gasteiger partial charge in [-0.05, 0) is 45.4 Å². The van der Waals surface area contributed by atoms with Crippen molar-refractivity contribution in [1.29, 1.82) is 0 Å². The number of carbonyl (C=O) groups excluding carboxylic acids is 1. The maximum Gasteiger partial charge on any atom is 0.224 e. The van der Waals surface area contributed by atoms with Gasteiger partial charge in [0.15, 0.2) is 0 Å². The molecule has 1 heterocycles. The molecule has 1 aromatic rings. The Hall–Kier alpha value is -1.59. The van der Waals surface area contributed by atoms with Gasteiger partial charge < -0.3 is 14.8 Å². The van der Waals surface area contributed by atoms with Crippen molar-refractivity contribution in [3.05, 3.63) is 29.8 Å². The number of morpholine rings is 1. The topological polar surface area (TPSA) is 50.8 Å². The number of amides is 1. The summed E-state index contributed by atoms with van der Waals surface area (Å²) in [5, 5.41) is 3.07. The van der Waals surface area contributed by atoms with Crippen LogP contribution in [-0.2, 0) is 16.0 Å². The fraction of sp³-hybridized carbons (Fsp3) is 0.632. The lowest BCUT2D eigenvalue weighted by molar-refractivity contribution is -0.122. The van der Waals surface area contributed by atoms with Gasteiger partial charge in [0.25, 0.3) is 0 Å². The average molecular weight is 334 g/mol. The van der Waals surface area contributed by atoms with E-state index in [1.807, 2.05) is 24.3 Å². The van der Waals surface area contributed by atoms with E-state index in [4.69, 9.17) is 9.47 Å². The highest BCUT2D eigenvalue weighted by Crippen LogP contribution is 2.20. The van der Waals surface area contributed by atoms with E-state index in [1.54, 1.807) is 7.11 Å². The summed E-state index contributed by atoms with van der Waals surface area (Å²) in [5.74, 6) is 0.846. The summed E-state index contributed by atoms with van der Waals surface area (Å²) < 4.78 is 10.9. The Labute approximate surface area is 145 Å². The Morgan fingerprint density at radius 3 is 2.38 bits per heavy atom. The molecular weight excluding hydrogens is 304 g/mol. The van der Waals surface area contributed by atoms with E-state index in [0.717, 1.165) is 24.4 Å². The van der Waals surface area contributed by atoms with Gasteiger partial charge in [0, 0.05) is 25.2 Å². The van der Waals surface area contributed by atoms with Crippen molar-refractivity contribution in [3.8, 4) is 5.75 Å². The van der Waals surface area contributed by atoms with E-state index in [9.17, 15) is 4.79 Å². The van der Waals surface area contributed by atoms with Crippen LogP contribution in [-0.4, -0.2) is 55.3 Å². The standard InChI is InChI=1S/C19H30N2O3/c1-14-11-21(12-15(2)24-14)19(3,4)13-20-18(22)10-16-6-8-17(23-5)9-7-16/h6-9,14-15H,10-13H2,1-5H3,(H,20,22)/t14-,15-/m0/s1. The predicted octanol–water partition coefficient (Wildman–Crippen LogP) is 2.24. The molecular formula is C19H30N2O3. The number of hydrogen-bond acceptors (Lipinski definition) is 4. The van der Waals surface area contributed by atoms with Crippen LogP contribution in [0.3, 0.4) is 0 Å². The Bertz CT molecular complexity index is 532. The van der Waals surface area contributed by atoms with Crippen LogP contribution in [0.15, 0.2) is 24.3 Å². The number of ether oxygens (including phenoxy) is 2. The third-order valence-electron chi connectivity index (χ3n) is 4.52. The Morgan fingerprint density at radius 1 is 1.25 bits per heavy atom. The maximum absolute atomic E-state index is 12.2. The van der Waals surface area contributed by atoms with Gasteiger partial charge in [0.1, 0.15) is 5.75 Å². The lowest BCUT2D eigenvalue weighted by atomic mass is 10.00. The molecule has 24 heavy (non-hydrogen) atoms. The second-order valence-electron chi connectivity index (χ2n) is 7.28. The van der Waals surface area contributed by atoms with Crippen molar-refractivity contribution >= 4 is 5.91 Å². The molecule has 2 rings (SSSR count). The summed E-state index contributed by atoms with van der Waals surface area (Å²) in [7, 11) is 1.64. The summed E-state index contributed by atoms with van der Waals surface area (Å²) in [6.07, 6.45) is 0.835. The summed E-state index contributed by atoms with van der Waals surface area (Å²) >= 11 is 0. The average Bonchev–Trinajstić information content (AvgIpc) is 2.53. The van der Waals surface area contributed by atoms with Gasteiger partial charge >= 0.3 is 0 Å². The Kier molecular flexibility index (Phi) is 6.24. The summed E-state index contributed by atoms with van der Waals surface area (Å²) in [4.78, 5) is 14.6. The first kappa shape index (κ1) is 18.7. The van der Waals surface area contributed by atoms with Gasteiger partial charge in [-0.3, -0.25) is 9.69 Å². The fourth-order valence-corrected chi connectivity index (χ4v) is 3.09. The van der Waals surface area contributed by atoms with Crippen molar-refractivity contribution in [2.75, 3.05) is 26.7 Å². The highest BCUT2D eigenvalue weighted by Gasteiger charge is 2.33. The normalized spacial score (nSPS) is 22.2. The molecule has 134 valence electrons. The number of benzene rings is 1. The van der Waals surface area contributed by atoms with Gasteiger partial charge in [0.05, 0.1) is 25.7 Å². The molecule has 0 aromatic heterocycles. The maximum atomic E-state index is 12.2. The molecule has 1 aliphatic rings. The van der Waals surface area contributed by atoms with Gasteiger partial charge in [-0.25, -0.2) is 0 Å². The molecule has 2 atom stereocenters. The van der Waals surface area contributed by atoms with E-state index < -0.39 is 0 Å². The molecule has 0 aliphatic carbocycles. The van der Waals surface area contributed by atoms with Crippen molar-refractivity contribution in [3.63, 3.8) is 0 Å². The Morgan fingerprint density at radius 2 is 1.83 bits per heavy atom. The van der Waals surface area contributed by atoms with Crippen LogP contribution in [0.25, 0.3) is 0 Å². The van der Waals surface area contributed by atoms with Crippen LogP contribution in [0.4, 0.5) is 0 Å². The smallest absolute Gasteiger partial charge is 0.224 e. The quantitative estimate of drug-likeness (QED) is 0.867. The van der Waals surface area contributed by atoms with E-state index in [-0.39, 0.29) is 23.7 Å². The minimum atomic E-state index is -0.0954. The zero-order valence-electron chi connectivity index (χ0n) is 15.5. The largest absolute Gasteiger partial charge is 0.497 e. The summed E-state index contributed by atoms with van der Waals surface area (Å²) in [6, 6.07) is 7.61. The van der Waals surface area contributed by atoms with E-state index >= 15 is 0 Å². The first-order valence-electron chi connectivity index (χ1n) is 8.60. The lowest BCUT2D eigenvalue weighted by Gasteiger charge is -2.45. The molecule has 0 unspecified atom stereocenters. The van der Waals surface area contributed by atoms with E-state index in [2.05, 4.69) is 37.9 Å². The zero-order valence-corrected chi connectivity index (χ0v) is 15.5. The molecule has 1 aliphatic heterocycles. The molecule has 1 aromatic carbocycles. The SMILES string of the molecule is COc1ccc(CC(=O)NCC(C)(C)N2C[C@H](C)O[C@@H](C)C2)cc1. The minimum absolute atomic E-state index is 0.0441. The first-order valence-corrected chi connectivity index (χ1v) is 8.60. The molecule has 1 saturated heterocycles. The van der Waals surface area contributed by atoms with Gasteiger partial charge in [-0.1, -0.05) is 12.1 Å². The number of hydrogen-bond donors (Lipinski definition) is 1. The lowest BCUT2D eigenvalue weighted by Crippen LogP contribution is -2.58. The zero-order chi connectivity index (χ0) is 17.7. The third kappa shape index (κ3) is 5.21. The number of carbonyl (C=O) groups is 1. The first-order chi connectivity index (χ1) is 11.3. The molecule has 5 heteroatoms. The Balaban J connectivity index is 1.85. The van der Waals surface area contributed by atoms with Crippen molar-refractivity contribution in [2.24, 2.45) is 0 Å². The fourth-order valence-electron chi connectivity index (χ4n) is 3.09. The van der Waals surface area contributed by atoms with Crippen molar-refractivity contribution in [2.45, 2.75) is 51.9 Å². The molecule has 0 radical (unpaired) electrons. The molecule has 0 bridgehead atoms.